The van der Waals surface area contributed by atoms with Gasteiger partial charge in [0.1, 0.15) is 0 Å². The van der Waals surface area contributed by atoms with Gasteiger partial charge in [-0.1, -0.05) is 0 Å². The van der Waals surface area contributed by atoms with Gasteiger partial charge in [0.05, 0.1) is 0 Å². The van der Waals surface area contributed by atoms with Gasteiger partial charge in [-0.2, -0.15) is 0 Å². The summed E-state index contributed by atoms with van der Waals surface area (Å²) in [7, 11) is 0. The van der Waals surface area contributed by atoms with Gasteiger partial charge in [-0.05, 0) is 0 Å². The van der Waals surface area contributed by atoms with Crippen LogP contribution < -0.4 is 0 Å². The third-order valence-corrected chi connectivity index (χ3v) is 4.82. The van der Waals surface area contributed by atoms with Gasteiger partial charge in [-0.25, -0.2) is 0 Å². The van der Waals surface area contributed by atoms with Crippen LogP contribution in [0.4, 0.5) is 0 Å². The van der Waals surface area contributed by atoms with E-state index in [1.165, 1.54) is 11.1 Å². The van der Waals surface area contributed by atoms with Gasteiger partial charge >= 0.3 is 137 Å². The SMILES string of the molecule is [Tl][O]CC1CCOC1(c1ccccc1)c1ccccc1. The number of benzene rings is 2. The van der Waals surface area contributed by atoms with Crippen molar-refractivity contribution in [1.82, 2.24) is 0 Å². The molecule has 1 unspecified atom stereocenters. The predicted molar refractivity (Wildman–Crippen MR) is 79.4 cm³/mol. The molecule has 1 fully saturated rings. The quantitative estimate of drug-likeness (QED) is 0.657. The van der Waals surface area contributed by atoms with Gasteiger partial charge in [-0.15, -0.1) is 0 Å². The van der Waals surface area contributed by atoms with Crippen molar-refractivity contribution in [3.8, 4) is 0 Å². The molecule has 3 heteroatoms. The van der Waals surface area contributed by atoms with Crippen LogP contribution in [0, 0.1) is 5.92 Å². The molecule has 0 saturated carbocycles. The van der Waals surface area contributed by atoms with Crippen LogP contribution in [-0.4, -0.2) is 39.4 Å². The van der Waals surface area contributed by atoms with Gasteiger partial charge in [0.25, 0.3) is 0 Å². The van der Waals surface area contributed by atoms with E-state index < -0.39 is 0 Å². The molecular formula is C17H17O2Tl. The molecule has 100 valence electrons. The van der Waals surface area contributed by atoms with E-state index in [-0.39, 0.29) is 5.60 Å². The van der Waals surface area contributed by atoms with Gasteiger partial charge < -0.3 is 0 Å². The van der Waals surface area contributed by atoms with Crippen molar-refractivity contribution in [2.45, 2.75) is 12.0 Å². The first-order valence-electron chi connectivity index (χ1n) is 6.94. The molecule has 1 aliphatic heterocycles. The van der Waals surface area contributed by atoms with Crippen molar-refractivity contribution >= 4 is 26.2 Å². The van der Waals surface area contributed by atoms with Crippen molar-refractivity contribution < 1.29 is 7.42 Å². The van der Waals surface area contributed by atoms with Crippen LogP contribution in [0.2, 0.25) is 0 Å². The Kier molecular flexibility index (Phi) is 4.53. The Morgan fingerprint density at radius 2 is 1.55 bits per heavy atom. The molecular weight excluding hydrogens is 441 g/mol. The van der Waals surface area contributed by atoms with Gasteiger partial charge in [0.15, 0.2) is 0 Å². The average Bonchev–Trinajstić information content (AvgIpc) is 2.94. The van der Waals surface area contributed by atoms with Crippen LogP contribution in [-0.2, 0) is 13.0 Å². The van der Waals surface area contributed by atoms with Crippen LogP contribution in [0.3, 0.4) is 0 Å². The van der Waals surface area contributed by atoms with E-state index in [1.807, 2.05) is 0 Å². The summed E-state index contributed by atoms with van der Waals surface area (Å²) in [6.07, 6.45) is 1.05. The van der Waals surface area contributed by atoms with Crippen molar-refractivity contribution in [3.05, 3.63) is 71.8 Å². The molecule has 20 heavy (non-hydrogen) atoms. The number of rotatable bonds is 4. The summed E-state index contributed by atoms with van der Waals surface area (Å²) in [6, 6.07) is 21.1. The molecule has 0 amide bonds. The zero-order valence-corrected chi connectivity index (χ0v) is 15.9. The Labute approximate surface area is 136 Å². The first-order chi connectivity index (χ1) is 9.88. The minimum absolute atomic E-state index is 0.350. The molecule has 3 rings (SSSR count). The predicted octanol–water partition coefficient (Wildman–Crippen LogP) is 3.07. The fourth-order valence-corrected chi connectivity index (χ4v) is 4.08. The van der Waals surface area contributed by atoms with E-state index in [0.29, 0.717) is 32.1 Å². The fraction of sp³-hybridized carbons (Fsp3) is 0.294. The molecule has 0 radical (unpaired) electrons. The Morgan fingerprint density at radius 1 is 1.00 bits per heavy atom. The summed E-state index contributed by atoms with van der Waals surface area (Å²) in [5.41, 5.74) is 2.11. The molecule has 1 atom stereocenters. The second kappa shape index (κ2) is 6.37. The second-order valence-electron chi connectivity index (χ2n) is 5.14. The van der Waals surface area contributed by atoms with Crippen LogP contribution in [0.15, 0.2) is 60.7 Å². The van der Waals surface area contributed by atoms with Crippen molar-refractivity contribution in [2.75, 3.05) is 13.2 Å². The summed E-state index contributed by atoms with van der Waals surface area (Å²) in [4.78, 5) is 0. The summed E-state index contributed by atoms with van der Waals surface area (Å²) in [6.45, 7) is 1.58. The maximum absolute atomic E-state index is 6.32. The minimum atomic E-state index is -0.350. The average molecular weight is 458 g/mol. The van der Waals surface area contributed by atoms with Crippen molar-refractivity contribution in [1.29, 1.82) is 0 Å². The molecule has 0 aliphatic carbocycles. The summed E-state index contributed by atoms with van der Waals surface area (Å²) in [5, 5.41) is 0. The Bertz CT molecular complexity index is 502. The Hall–Kier alpha value is -0.718. The topological polar surface area (TPSA) is 18.5 Å². The summed E-state index contributed by atoms with van der Waals surface area (Å²) >= 11 is 0.574. The van der Waals surface area contributed by atoms with E-state index in [1.54, 1.807) is 0 Å². The first-order valence-corrected chi connectivity index (χ1v) is 8.78. The summed E-state index contributed by atoms with van der Waals surface area (Å²) < 4.78 is 11.9. The fourth-order valence-electron chi connectivity index (χ4n) is 3.18. The molecule has 0 bridgehead atoms. The van der Waals surface area contributed by atoms with Crippen molar-refractivity contribution in [2.24, 2.45) is 5.92 Å². The number of hydrogen-bond donors (Lipinski definition) is 0. The van der Waals surface area contributed by atoms with Crippen LogP contribution in [0.5, 0.6) is 0 Å². The zero-order chi connectivity index (χ0) is 13.8. The molecule has 0 spiro atoms. The van der Waals surface area contributed by atoms with Crippen LogP contribution in [0.25, 0.3) is 0 Å². The van der Waals surface area contributed by atoms with E-state index in [0.717, 1.165) is 19.6 Å². The molecule has 1 heterocycles. The second-order valence-corrected chi connectivity index (χ2v) is 6.43. The number of ether oxygens (including phenoxy) is 1. The van der Waals surface area contributed by atoms with E-state index in [4.69, 9.17) is 7.42 Å². The van der Waals surface area contributed by atoms with Gasteiger partial charge in [0.2, 0.25) is 0 Å². The van der Waals surface area contributed by atoms with E-state index in [2.05, 4.69) is 60.7 Å². The molecule has 0 N–H and O–H groups in total. The van der Waals surface area contributed by atoms with E-state index in [9.17, 15) is 0 Å². The molecule has 1 aliphatic rings. The maximum atomic E-state index is 6.32. The number of hydrogen-bond acceptors (Lipinski definition) is 2. The normalized spacial score (nSPS) is 20.9. The Morgan fingerprint density at radius 3 is 2.05 bits per heavy atom. The van der Waals surface area contributed by atoms with Crippen molar-refractivity contribution in [3.63, 3.8) is 0 Å². The van der Waals surface area contributed by atoms with Crippen LogP contribution >= 0.6 is 0 Å². The first kappa shape index (κ1) is 14.2. The zero-order valence-electron chi connectivity index (χ0n) is 11.4. The third-order valence-electron chi connectivity index (χ3n) is 4.07. The summed E-state index contributed by atoms with van der Waals surface area (Å²) in [5.74, 6) is 0.386. The van der Waals surface area contributed by atoms with E-state index >= 15 is 0 Å². The monoisotopic (exact) mass is 458 g/mol. The molecule has 2 nitrogen and oxygen atoms in total. The molecule has 2 aromatic rings. The third kappa shape index (κ3) is 2.45. The molecule has 2 aromatic carbocycles. The Balaban J connectivity index is 2.13. The standard InChI is InChI=1S/C17H17O2.Tl/c18-13-16-11-12-19-17(16,14-7-3-1-4-8-14)15-9-5-2-6-10-15;/h1-10,16H,11-13H2;/q-1;+1. The van der Waals surface area contributed by atoms with Crippen LogP contribution in [0.1, 0.15) is 17.5 Å². The molecule has 0 aromatic heterocycles. The molecule has 1 saturated heterocycles. The van der Waals surface area contributed by atoms with Gasteiger partial charge in [0, 0.05) is 0 Å². The van der Waals surface area contributed by atoms with Gasteiger partial charge in [-0.3, -0.25) is 0 Å².